The molecule has 2 aromatic rings. The van der Waals surface area contributed by atoms with Crippen LogP contribution >= 0.6 is 15.9 Å². The lowest BCUT2D eigenvalue weighted by molar-refractivity contribution is 0.280. The molecule has 0 aliphatic heterocycles. The van der Waals surface area contributed by atoms with Gasteiger partial charge in [-0.2, -0.15) is 4.39 Å². The average Bonchev–Trinajstić information content (AvgIpc) is 3.37. The predicted octanol–water partition coefficient (Wildman–Crippen LogP) is 3.93. The molecule has 0 unspecified atom stereocenters. The lowest BCUT2D eigenvalue weighted by Crippen LogP contribution is -2.25. The van der Waals surface area contributed by atoms with Crippen LogP contribution in [0.2, 0.25) is 0 Å². The standard InChI is InChI=1S/C17H17BrF2N2O2/c18-12-3-4-14(13(19)7-12)21-16-11(9-23)8-22(17(24)15(16)20)6-5-10-1-2-10/h3-4,7-8,10,21,23H,1-2,5-6,9H2. The lowest BCUT2D eigenvalue weighted by Gasteiger charge is -2.15. The van der Waals surface area contributed by atoms with Crippen LogP contribution in [0, 0.1) is 17.6 Å². The number of anilines is 2. The number of hydrogen-bond donors (Lipinski definition) is 2. The second-order valence-electron chi connectivity index (χ2n) is 5.98. The number of benzene rings is 1. The summed E-state index contributed by atoms with van der Waals surface area (Å²) in [5.74, 6) is -1.00. The highest BCUT2D eigenvalue weighted by Gasteiger charge is 2.22. The molecule has 0 saturated heterocycles. The first kappa shape index (κ1) is 17.1. The van der Waals surface area contributed by atoms with Crippen molar-refractivity contribution in [3.8, 4) is 0 Å². The molecule has 1 fully saturated rings. The number of rotatable bonds is 6. The molecular weight excluding hydrogens is 382 g/mol. The fraction of sp³-hybridized carbons (Fsp3) is 0.353. The molecule has 1 saturated carbocycles. The first-order valence-electron chi connectivity index (χ1n) is 7.74. The zero-order chi connectivity index (χ0) is 17.3. The van der Waals surface area contributed by atoms with Crippen LogP contribution < -0.4 is 10.9 Å². The van der Waals surface area contributed by atoms with E-state index in [1.807, 2.05) is 0 Å². The molecule has 0 radical (unpaired) electrons. The molecule has 1 aliphatic carbocycles. The third-order valence-electron chi connectivity index (χ3n) is 4.14. The van der Waals surface area contributed by atoms with E-state index in [1.165, 1.54) is 22.9 Å². The van der Waals surface area contributed by atoms with Gasteiger partial charge in [0.25, 0.3) is 5.56 Å². The normalized spacial score (nSPS) is 14.0. The van der Waals surface area contributed by atoms with Gasteiger partial charge in [-0.05, 0) is 30.5 Å². The van der Waals surface area contributed by atoms with Gasteiger partial charge in [-0.15, -0.1) is 0 Å². The van der Waals surface area contributed by atoms with Crippen molar-refractivity contribution in [2.45, 2.75) is 32.4 Å². The van der Waals surface area contributed by atoms with Gasteiger partial charge in [0, 0.05) is 22.8 Å². The number of hydrogen-bond acceptors (Lipinski definition) is 3. The van der Waals surface area contributed by atoms with E-state index in [4.69, 9.17) is 0 Å². The summed E-state index contributed by atoms with van der Waals surface area (Å²) < 4.78 is 30.3. The largest absolute Gasteiger partial charge is 0.392 e. The fourth-order valence-electron chi connectivity index (χ4n) is 2.56. The van der Waals surface area contributed by atoms with Crippen LogP contribution in [0.5, 0.6) is 0 Å². The van der Waals surface area contributed by atoms with E-state index < -0.39 is 23.8 Å². The number of nitrogens with zero attached hydrogens (tertiary/aromatic N) is 1. The highest BCUT2D eigenvalue weighted by atomic mass is 79.9. The van der Waals surface area contributed by atoms with Crippen molar-refractivity contribution in [1.29, 1.82) is 0 Å². The molecule has 3 rings (SSSR count). The van der Waals surface area contributed by atoms with E-state index in [0.29, 0.717) is 16.9 Å². The van der Waals surface area contributed by atoms with Gasteiger partial charge in [-0.25, -0.2) is 4.39 Å². The summed E-state index contributed by atoms with van der Waals surface area (Å²) >= 11 is 3.14. The van der Waals surface area contributed by atoms with Crippen LogP contribution in [0.1, 0.15) is 24.8 Å². The molecule has 0 spiro atoms. The van der Waals surface area contributed by atoms with Gasteiger partial charge in [0.1, 0.15) is 5.82 Å². The number of pyridine rings is 1. The minimum atomic E-state index is -1.01. The summed E-state index contributed by atoms with van der Waals surface area (Å²) in [4.78, 5) is 12.2. The van der Waals surface area contributed by atoms with Crippen molar-refractivity contribution in [3.05, 3.63) is 56.4 Å². The smallest absolute Gasteiger partial charge is 0.288 e. The summed E-state index contributed by atoms with van der Waals surface area (Å²) in [5.41, 5.74) is -0.716. The summed E-state index contributed by atoms with van der Waals surface area (Å²) in [7, 11) is 0. The lowest BCUT2D eigenvalue weighted by atomic mass is 10.2. The topological polar surface area (TPSA) is 54.3 Å². The third-order valence-corrected chi connectivity index (χ3v) is 4.63. The summed E-state index contributed by atoms with van der Waals surface area (Å²) in [6.07, 6.45) is 4.55. The summed E-state index contributed by atoms with van der Waals surface area (Å²) in [5, 5.41) is 12.1. The van der Waals surface area contributed by atoms with E-state index in [-0.39, 0.29) is 16.9 Å². The molecule has 0 amide bonds. The van der Waals surface area contributed by atoms with E-state index in [1.54, 1.807) is 6.07 Å². The molecule has 0 atom stereocenters. The maximum absolute atomic E-state index is 14.5. The van der Waals surface area contributed by atoms with Crippen molar-refractivity contribution in [3.63, 3.8) is 0 Å². The molecule has 7 heteroatoms. The Kier molecular flexibility index (Phi) is 5.01. The van der Waals surface area contributed by atoms with Crippen LogP contribution in [0.4, 0.5) is 20.2 Å². The Balaban J connectivity index is 1.94. The van der Waals surface area contributed by atoms with Crippen molar-refractivity contribution in [2.75, 3.05) is 5.32 Å². The van der Waals surface area contributed by atoms with Gasteiger partial charge in [0.2, 0.25) is 5.82 Å². The minimum Gasteiger partial charge on any atom is -0.392 e. The van der Waals surface area contributed by atoms with E-state index in [0.717, 1.165) is 19.3 Å². The van der Waals surface area contributed by atoms with Gasteiger partial charge >= 0.3 is 0 Å². The van der Waals surface area contributed by atoms with Crippen LogP contribution in [0.3, 0.4) is 0 Å². The maximum Gasteiger partial charge on any atom is 0.288 e. The molecule has 128 valence electrons. The summed E-state index contributed by atoms with van der Waals surface area (Å²) in [6, 6.07) is 4.26. The third kappa shape index (κ3) is 3.67. The average molecular weight is 399 g/mol. The van der Waals surface area contributed by atoms with Crippen LogP contribution in [-0.4, -0.2) is 9.67 Å². The van der Waals surface area contributed by atoms with Crippen molar-refractivity contribution in [1.82, 2.24) is 4.57 Å². The Bertz CT molecular complexity index is 819. The Morgan fingerprint density at radius 2 is 2.08 bits per heavy atom. The number of aliphatic hydroxyl groups is 1. The first-order chi connectivity index (χ1) is 11.5. The van der Waals surface area contributed by atoms with Crippen LogP contribution in [0.25, 0.3) is 0 Å². The van der Waals surface area contributed by atoms with Gasteiger partial charge in [0.15, 0.2) is 0 Å². The number of nitrogens with one attached hydrogen (secondary N) is 1. The van der Waals surface area contributed by atoms with E-state index in [2.05, 4.69) is 21.2 Å². The molecule has 0 bridgehead atoms. The SMILES string of the molecule is O=c1c(F)c(Nc2ccc(Br)cc2F)c(CO)cn1CCC1CC1. The highest BCUT2D eigenvalue weighted by Crippen LogP contribution is 2.33. The highest BCUT2D eigenvalue weighted by molar-refractivity contribution is 9.10. The van der Waals surface area contributed by atoms with Crippen molar-refractivity contribution in [2.24, 2.45) is 5.92 Å². The first-order valence-corrected chi connectivity index (χ1v) is 8.53. The molecule has 1 aromatic heterocycles. The van der Waals surface area contributed by atoms with Crippen molar-refractivity contribution < 1.29 is 13.9 Å². The van der Waals surface area contributed by atoms with Gasteiger partial charge in [-0.3, -0.25) is 4.79 Å². The number of aryl methyl sites for hydroxylation is 1. The van der Waals surface area contributed by atoms with Gasteiger partial charge < -0.3 is 15.0 Å². The molecule has 24 heavy (non-hydrogen) atoms. The minimum absolute atomic E-state index is 0.0296. The second-order valence-corrected chi connectivity index (χ2v) is 6.90. The molecule has 1 aromatic carbocycles. The number of aliphatic hydroxyl groups excluding tert-OH is 1. The van der Waals surface area contributed by atoms with E-state index >= 15 is 0 Å². The molecular formula is C17H17BrF2N2O2. The predicted molar refractivity (Wildman–Crippen MR) is 91.3 cm³/mol. The summed E-state index contributed by atoms with van der Waals surface area (Å²) in [6.45, 7) is -0.0402. The maximum atomic E-state index is 14.5. The fourth-order valence-corrected chi connectivity index (χ4v) is 2.89. The second kappa shape index (κ2) is 7.03. The zero-order valence-corrected chi connectivity index (χ0v) is 14.4. The Hall–Kier alpha value is -1.73. The van der Waals surface area contributed by atoms with E-state index in [9.17, 15) is 18.7 Å². The van der Waals surface area contributed by atoms with Crippen LogP contribution in [0.15, 0.2) is 33.7 Å². The Labute approximate surface area is 146 Å². The zero-order valence-electron chi connectivity index (χ0n) is 12.9. The molecule has 1 heterocycles. The van der Waals surface area contributed by atoms with Gasteiger partial charge in [-0.1, -0.05) is 28.8 Å². The molecule has 4 nitrogen and oxygen atoms in total. The Morgan fingerprint density at radius 1 is 1.33 bits per heavy atom. The Morgan fingerprint density at radius 3 is 2.71 bits per heavy atom. The molecule has 2 N–H and O–H groups in total. The monoisotopic (exact) mass is 398 g/mol. The quantitative estimate of drug-likeness (QED) is 0.774. The number of aromatic nitrogens is 1. The van der Waals surface area contributed by atoms with Crippen LogP contribution in [-0.2, 0) is 13.2 Å². The van der Waals surface area contributed by atoms with Gasteiger partial charge in [0.05, 0.1) is 18.0 Å². The van der Waals surface area contributed by atoms with Crippen molar-refractivity contribution >= 4 is 27.3 Å². The molecule has 1 aliphatic rings. The number of halogens is 3.